The number of rotatable bonds is 6. The summed E-state index contributed by atoms with van der Waals surface area (Å²) in [5, 5.41) is 18.1. The number of hydrogen-bond donors (Lipinski definition) is 3. The van der Waals surface area contributed by atoms with Crippen LogP contribution >= 0.6 is 0 Å². The fourth-order valence-corrected chi connectivity index (χ4v) is 2.54. The lowest BCUT2D eigenvalue weighted by atomic mass is 9.99. The molecule has 0 atom stereocenters. The number of carboxylic acids is 1. The number of carbonyl (C=O) groups is 2. The molecule has 152 valence electrons. The average molecular weight is 398 g/mol. The number of amides is 2. The first-order chi connectivity index (χ1) is 12.9. The number of nitrogens with one attached hydrogen (secondary N) is 2. The van der Waals surface area contributed by atoms with E-state index in [2.05, 4.69) is 15.7 Å². The summed E-state index contributed by atoms with van der Waals surface area (Å²) in [6, 6.07) is 5.49. The van der Waals surface area contributed by atoms with E-state index in [1.54, 1.807) is 20.8 Å². The van der Waals surface area contributed by atoms with Gasteiger partial charge in [0.05, 0.1) is 16.9 Å². The number of benzene rings is 1. The summed E-state index contributed by atoms with van der Waals surface area (Å²) in [5.74, 6) is -0.795. The van der Waals surface area contributed by atoms with E-state index in [0.717, 1.165) is 12.1 Å². The standard InChI is InChI=1S/C18H21F3N4O3/c1-11-9-14(22-16(28)23-17(2,3)8-7-15(26)27)25(24-11)13-6-4-5-12(10-13)18(19,20)21/h4-6,9-10H,7-8H2,1-3H3,(H,26,27)(H2,22,23,28). The first kappa shape index (κ1) is 21.3. The molecule has 0 spiro atoms. The van der Waals surface area contributed by atoms with E-state index in [-0.39, 0.29) is 24.3 Å². The van der Waals surface area contributed by atoms with Crippen LogP contribution in [0.3, 0.4) is 0 Å². The second-order valence-electron chi connectivity index (χ2n) is 6.99. The van der Waals surface area contributed by atoms with Gasteiger partial charge in [-0.15, -0.1) is 0 Å². The molecule has 0 aliphatic carbocycles. The molecule has 2 amide bonds. The molecule has 3 N–H and O–H groups in total. The lowest BCUT2D eigenvalue weighted by Crippen LogP contribution is -2.46. The topological polar surface area (TPSA) is 96.3 Å². The minimum absolute atomic E-state index is 0.117. The molecule has 0 aliphatic rings. The van der Waals surface area contributed by atoms with E-state index in [0.29, 0.717) is 5.69 Å². The van der Waals surface area contributed by atoms with Crippen molar-refractivity contribution in [2.24, 2.45) is 0 Å². The van der Waals surface area contributed by atoms with Gasteiger partial charge in [-0.25, -0.2) is 9.48 Å². The van der Waals surface area contributed by atoms with Crippen LogP contribution in [0.4, 0.5) is 23.8 Å². The Bertz CT molecular complexity index is 875. The Hall–Kier alpha value is -3.04. The summed E-state index contributed by atoms with van der Waals surface area (Å²) < 4.78 is 40.1. The molecule has 0 bridgehead atoms. The van der Waals surface area contributed by atoms with Gasteiger partial charge < -0.3 is 10.4 Å². The lowest BCUT2D eigenvalue weighted by Gasteiger charge is -2.25. The Morgan fingerprint density at radius 2 is 1.89 bits per heavy atom. The van der Waals surface area contributed by atoms with Gasteiger partial charge in [0, 0.05) is 18.0 Å². The number of carboxylic acid groups (broad SMARTS) is 1. The molecular formula is C18H21F3N4O3. The van der Waals surface area contributed by atoms with E-state index in [4.69, 9.17) is 5.11 Å². The highest BCUT2D eigenvalue weighted by Crippen LogP contribution is 2.31. The number of aliphatic carboxylic acids is 1. The molecular weight excluding hydrogens is 377 g/mol. The molecule has 2 rings (SSSR count). The largest absolute Gasteiger partial charge is 0.481 e. The van der Waals surface area contributed by atoms with Gasteiger partial charge in [-0.05, 0) is 45.4 Å². The normalized spacial score (nSPS) is 11.9. The highest BCUT2D eigenvalue weighted by molar-refractivity contribution is 5.89. The molecule has 0 saturated heterocycles. The van der Waals surface area contributed by atoms with Crippen molar-refractivity contribution < 1.29 is 27.9 Å². The summed E-state index contributed by atoms with van der Waals surface area (Å²) >= 11 is 0. The van der Waals surface area contributed by atoms with Crippen molar-refractivity contribution in [2.45, 2.75) is 45.3 Å². The van der Waals surface area contributed by atoms with E-state index in [1.807, 2.05) is 0 Å². The molecule has 0 radical (unpaired) electrons. The third kappa shape index (κ3) is 5.73. The van der Waals surface area contributed by atoms with Crippen LogP contribution in [0.5, 0.6) is 0 Å². The third-order valence-corrected chi connectivity index (χ3v) is 3.91. The Labute approximate surface area is 159 Å². The Morgan fingerprint density at radius 3 is 2.50 bits per heavy atom. The van der Waals surface area contributed by atoms with Gasteiger partial charge in [-0.3, -0.25) is 10.1 Å². The van der Waals surface area contributed by atoms with E-state index >= 15 is 0 Å². The molecule has 1 heterocycles. The van der Waals surface area contributed by atoms with Crippen molar-refractivity contribution in [3.05, 3.63) is 41.6 Å². The van der Waals surface area contributed by atoms with Gasteiger partial charge in [0.25, 0.3) is 0 Å². The van der Waals surface area contributed by atoms with Crippen LogP contribution in [0.25, 0.3) is 5.69 Å². The Balaban J connectivity index is 2.21. The van der Waals surface area contributed by atoms with Crippen LogP contribution in [0, 0.1) is 6.92 Å². The third-order valence-electron chi connectivity index (χ3n) is 3.91. The van der Waals surface area contributed by atoms with Gasteiger partial charge in [0.2, 0.25) is 0 Å². The van der Waals surface area contributed by atoms with Crippen molar-refractivity contribution in [3.63, 3.8) is 0 Å². The molecule has 28 heavy (non-hydrogen) atoms. The van der Waals surface area contributed by atoms with Crippen LogP contribution in [0.2, 0.25) is 0 Å². The number of hydrogen-bond acceptors (Lipinski definition) is 3. The number of halogens is 3. The summed E-state index contributed by atoms with van der Waals surface area (Å²) in [6.07, 6.45) is -4.41. The van der Waals surface area contributed by atoms with E-state index in [9.17, 15) is 22.8 Å². The molecule has 0 saturated carbocycles. The second kappa shape index (κ2) is 7.91. The predicted molar refractivity (Wildman–Crippen MR) is 96.4 cm³/mol. The maximum atomic E-state index is 13.0. The first-order valence-corrected chi connectivity index (χ1v) is 8.43. The lowest BCUT2D eigenvalue weighted by molar-refractivity contribution is -0.138. The maximum Gasteiger partial charge on any atom is 0.416 e. The van der Waals surface area contributed by atoms with Crippen LogP contribution in [0.1, 0.15) is 37.9 Å². The molecule has 10 heteroatoms. The van der Waals surface area contributed by atoms with Crippen molar-refractivity contribution in [3.8, 4) is 5.69 Å². The number of aryl methyl sites for hydroxylation is 1. The highest BCUT2D eigenvalue weighted by Gasteiger charge is 2.31. The summed E-state index contributed by atoms with van der Waals surface area (Å²) in [6.45, 7) is 4.99. The van der Waals surface area contributed by atoms with Crippen molar-refractivity contribution in [1.82, 2.24) is 15.1 Å². The van der Waals surface area contributed by atoms with Crippen molar-refractivity contribution in [2.75, 3.05) is 5.32 Å². The number of aromatic nitrogens is 2. The number of carbonyl (C=O) groups excluding carboxylic acids is 1. The number of urea groups is 1. The highest BCUT2D eigenvalue weighted by atomic mass is 19.4. The Kier molecular flexibility index (Phi) is 6.01. The van der Waals surface area contributed by atoms with Crippen LogP contribution in [-0.2, 0) is 11.0 Å². The monoisotopic (exact) mass is 398 g/mol. The molecule has 2 aromatic rings. The van der Waals surface area contributed by atoms with Gasteiger partial charge in [0.1, 0.15) is 5.82 Å². The average Bonchev–Trinajstić information content (AvgIpc) is 2.92. The fourth-order valence-electron chi connectivity index (χ4n) is 2.54. The second-order valence-corrected chi connectivity index (χ2v) is 6.99. The number of anilines is 1. The number of alkyl halides is 3. The van der Waals surface area contributed by atoms with Crippen LogP contribution < -0.4 is 10.6 Å². The Morgan fingerprint density at radius 1 is 1.21 bits per heavy atom. The number of nitrogens with zero attached hydrogens (tertiary/aromatic N) is 2. The summed E-state index contributed by atoms with van der Waals surface area (Å²) in [4.78, 5) is 23.0. The first-order valence-electron chi connectivity index (χ1n) is 8.43. The maximum absolute atomic E-state index is 13.0. The predicted octanol–water partition coefficient (Wildman–Crippen LogP) is 3.96. The molecule has 0 unspecified atom stereocenters. The van der Waals surface area contributed by atoms with E-state index in [1.165, 1.54) is 22.9 Å². The SMILES string of the molecule is Cc1cc(NC(=O)NC(C)(C)CCC(=O)O)n(-c2cccc(C(F)(F)F)c2)n1. The van der Waals surface area contributed by atoms with Gasteiger partial charge >= 0.3 is 18.2 Å². The van der Waals surface area contributed by atoms with Gasteiger partial charge in [-0.1, -0.05) is 6.07 Å². The molecule has 0 fully saturated rings. The zero-order chi connectivity index (χ0) is 21.1. The van der Waals surface area contributed by atoms with Crippen LogP contribution in [0.15, 0.2) is 30.3 Å². The quantitative estimate of drug-likeness (QED) is 0.686. The molecule has 1 aromatic carbocycles. The smallest absolute Gasteiger partial charge is 0.416 e. The zero-order valence-electron chi connectivity index (χ0n) is 15.6. The summed E-state index contributed by atoms with van der Waals surface area (Å²) in [5.41, 5.74) is -0.983. The molecule has 0 aliphatic heterocycles. The fraction of sp³-hybridized carbons (Fsp3) is 0.389. The van der Waals surface area contributed by atoms with Crippen LogP contribution in [-0.4, -0.2) is 32.4 Å². The van der Waals surface area contributed by atoms with Crippen molar-refractivity contribution >= 4 is 17.8 Å². The zero-order valence-corrected chi connectivity index (χ0v) is 15.6. The minimum Gasteiger partial charge on any atom is -0.481 e. The minimum atomic E-state index is -4.50. The van der Waals surface area contributed by atoms with Gasteiger partial charge in [0.15, 0.2) is 0 Å². The molecule has 7 nitrogen and oxygen atoms in total. The van der Waals surface area contributed by atoms with E-state index < -0.39 is 29.3 Å². The van der Waals surface area contributed by atoms with Gasteiger partial charge in [-0.2, -0.15) is 18.3 Å². The summed E-state index contributed by atoms with van der Waals surface area (Å²) in [7, 11) is 0. The molecule has 1 aromatic heterocycles. The van der Waals surface area contributed by atoms with Crippen molar-refractivity contribution in [1.29, 1.82) is 0 Å².